The molecule has 2 saturated carbocycles. The predicted octanol–water partition coefficient (Wildman–Crippen LogP) is -0.144. The number of carboxylic acid groups (broad SMARTS) is 2. The van der Waals surface area contributed by atoms with Gasteiger partial charge in [-0.15, -0.1) is 0 Å². The van der Waals surface area contributed by atoms with Crippen LogP contribution in [0.4, 0.5) is 5.95 Å². The van der Waals surface area contributed by atoms with Crippen LogP contribution in [-0.4, -0.2) is 84.0 Å². The van der Waals surface area contributed by atoms with Crippen molar-refractivity contribution in [2.24, 2.45) is 11.5 Å². The molecule has 0 spiro atoms. The highest BCUT2D eigenvalue weighted by molar-refractivity contribution is 5.81. The second kappa shape index (κ2) is 15.2. The van der Waals surface area contributed by atoms with Gasteiger partial charge in [-0.3, -0.25) is 33.5 Å². The van der Waals surface area contributed by atoms with E-state index in [1.54, 1.807) is 0 Å². The van der Waals surface area contributed by atoms with Crippen LogP contribution in [0.15, 0.2) is 11.1 Å². The molecule has 0 bridgehead atoms. The lowest BCUT2D eigenvalue weighted by atomic mass is 10.00. The number of carboxylic acids is 2. The quantitative estimate of drug-likeness (QED) is 0.205. The van der Waals surface area contributed by atoms with E-state index in [1.165, 1.54) is 10.9 Å². The molecule has 0 aliphatic heterocycles. The van der Waals surface area contributed by atoms with Gasteiger partial charge < -0.3 is 41.6 Å². The first-order valence-corrected chi connectivity index (χ1v) is 13.3. The first-order chi connectivity index (χ1) is 19.7. The van der Waals surface area contributed by atoms with Crippen LogP contribution in [0.5, 0.6) is 0 Å². The Kier molecular flexibility index (Phi) is 12.4. The molecule has 4 rings (SSSR count). The van der Waals surface area contributed by atoms with E-state index < -0.39 is 46.6 Å². The molecule has 9 N–H and O–H groups in total. The highest BCUT2D eigenvalue weighted by Gasteiger charge is 2.40. The molecule has 234 valence electrons. The molecular formula is C25H39N7O10. The van der Waals surface area contributed by atoms with Gasteiger partial charge in [-0.1, -0.05) is 25.7 Å². The SMILES string of the molecule is CC(=O)O.CC(=O)O.Nc1nc2c(ncn2COC(COC(=O)C2(N)CCCC2)COC(=O)C2(N)CCCC2)c(=O)[nH]1. The summed E-state index contributed by atoms with van der Waals surface area (Å²) in [5.41, 5.74) is 15.8. The summed E-state index contributed by atoms with van der Waals surface area (Å²) in [6, 6.07) is 0. The van der Waals surface area contributed by atoms with Crippen LogP contribution in [0.2, 0.25) is 0 Å². The Morgan fingerprint density at radius 3 is 1.81 bits per heavy atom. The lowest BCUT2D eigenvalue weighted by Crippen LogP contribution is -2.48. The van der Waals surface area contributed by atoms with Crippen LogP contribution in [0.3, 0.4) is 0 Å². The average Bonchev–Trinajstić information content (AvgIpc) is 3.64. The van der Waals surface area contributed by atoms with Gasteiger partial charge >= 0.3 is 11.9 Å². The van der Waals surface area contributed by atoms with Gasteiger partial charge in [0.15, 0.2) is 11.2 Å². The number of aliphatic carboxylic acids is 2. The molecule has 2 aromatic heterocycles. The summed E-state index contributed by atoms with van der Waals surface area (Å²) in [4.78, 5) is 65.6. The van der Waals surface area contributed by atoms with Crippen LogP contribution >= 0.6 is 0 Å². The van der Waals surface area contributed by atoms with E-state index >= 15 is 0 Å². The van der Waals surface area contributed by atoms with Crippen molar-refractivity contribution in [2.75, 3.05) is 18.9 Å². The number of imidazole rings is 1. The molecule has 0 aromatic carbocycles. The average molecular weight is 598 g/mol. The number of esters is 2. The van der Waals surface area contributed by atoms with Gasteiger partial charge in [0.2, 0.25) is 5.95 Å². The number of nitrogens with one attached hydrogen (secondary N) is 1. The van der Waals surface area contributed by atoms with E-state index in [4.69, 9.17) is 51.2 Å². The van der Waals surface area contributed by atoms with Crippen LogP contribution in [0, 0.1) is 0 Å². The van der Waals surface area contributed by atoms with Gasteiger partial charge in [0.1, 0.15) is 37.1 Å². The molecule has 2 aromatic rings. The standard InChI is InChI=1S/C21H31N7O6.2C2H4O2/c22-19-26-15-14(16(29)27-19)25-11-28(15)12-34-13(9-32-17(30)20(23)5-1-2-6-20)10-33-18(31)21(24)7-3-4-8-21;2*1-2(3)4/h11,13H,1-10,12,23-24H2,(H3,22,26,27,29);2*1H3,(H,3,4). The fraction of sp³-hybridized carbons (Fsp3) is 0.640. The number of rotatable bonds is 9. The number of fused-ring (bicyclic) bond motifs is 1. The number of H-pyrrole nitrogens is 1. The second-order valence-corrected chi connectivity index (χ2v) is 10.2. The fourth-order valence-electron chi connectivity index (χ4n) is 4.44. The summed E-state index contributed by atoms with van der Waals surface area (Å²) in [6.07, 6.45) is 6.28. The van der Waals surface area contributed by atoms with Crippen molar-refractivity contribution in [3.05, 3.63) is 16.7 Å². The Bertz CT molecular complexity index is 1240. The lowest BCUT2D eigenvalue weighted by Gasteiger charge is -2.25. The molecule has 17 nitrogen and oxygen atoms in total. The number of carbonyl (C=O) groups excluding carboxylic acids is 2. The van der Waals surface area contributed by atoms with E-state index in [-0.39, 0.29) is 37.1 Å². The second-order valence-electron chi connectivity index (χ2n) is 10.2. The number of carbonyl (C=O) groups is 4. The van der Waals surface area contributed by atoms with Crippen LogP contribution < -0.4 is 22.8 Å². The monoisotopic (exact) mass is 597 g/mol. The zero-order chi connectivity index (χ0) is 31.5. The lowest BCUT2D eigenvalue weighted by molar-refractivity contribution is -0.163. The Morgan fingerprint density at radius 1 is 0.952 bits per heavy atom. The van der Waals surface area contributed by atoms with E-state index in [1.807, 2.05) is 0 Å². The smallest absolute Gasteiger partial charge is 0.326 e. The summed E-state index contributed by atoms with van der Waals surface area (Å²) in [5, 5.41) is 14.8. The molecule has 0 amide bonds. The molecule has 0 saturated heterocycles. The number of ether oxygens (including phenoxy) is 3. The van der Waals surface area contributed by atoms with Gasteiger partial charge in [-0.05, 0) is 25.7 Å². The number of nitrogen functional groups attached to an aromatic ring is 1. The maximum absolute atomic E-state index is 12.5. The van der Waals surface area contributed by atoms with Gasteiger partial charge in [-0.25, -0.2) is 4.98 Å². The number of aromatic amines is 1. The number of nitrogens with zero attached hydrogens (tertiary/aromatic N) is 3. The van der Waals surface area contributed by atoms with Crippen molar-refractivity contribution in [1.82, 2.24) is 19.5 Å². The minimum Gasteiger partial charge on any atom is -0.481 e. The number of hydrogen-bond acceptors (Lipinski definition) is 13. The minimum atomic E-state index is -1.00. The van der Waals surface area contributed by atoms with E-state index in [9.17, 15) is 14.4 Å². The number of hydrogen-bond donors (Lipinski definition) is 6. The zero-order valence-corrected chi connectivity index (χ0v) is 23.7. The van der Waals surface area contributed by atoms with Crippen molar-refractivity contribution < 1.29 is 43.6 Å². The summed E-state index contributed by atoms with van der Waals surface area (Å²) >= 11 is 0. The van der Waals surface area contributed by atoms with Crippen molar-refractivity contribution in [3.63, 3.8) is 0 Å². The van der Waals surface area contributed by atoms with E-state index in [0.717, 1.165) is 39.5 Å². The Labute approximate surface area is 240 Å². The fourth-order valence-corrected chi connectivity index (χ4v) is 4.44. The number of aromatic nitrogens is 4. The van der Waals surface area contributed by atoms with Crippen LogP contribution in [0.25, 0.3) is 11.2 Å². The van der Waals surface area contributed by atoms with Crippen LogP contribution in [0.1, 0.15) is 65.2 Å². The highest BCUT2D eigenvalue weighted by atomic mass is 16.6. The first kappa shape index (κ1) is 34.1. The maximum atomic E-state index is 12.5. The number of anilines is 1. The highest BCUT2D eigenvalue weighted by Crippen LogP contribution is 2.29. The topological polar surface area (TPSA) is 278 Å². The van der Waals surface area contributed by atoms with E-state index in [2.05, 4.69) is 15.0 Å². The third kappa shape index (κ3) is 10.1. The number of nitrogens with two attached hydrogens (primary N) is 3. The third-order valence-electron chi connectivity index (χ3n) is 6.55. The molecule has 17 heteroatoms. The molecule has 42 heavy (non-hydrogen) atoms. The van der Waals surface area contributed by atoms with Crippen molar-refractivity contribution in [2.45, 2.75) is 89.1 Å². The molecule has 0 atom stereocenters. The van der Waals surface area contributed by atoms with Gasteiger partial charge in [-0.2, -0.15) is 4.98 Å². The molecule has 2 aliphatic rings. The first-order valence-electron chi connectivity index (χ1n) is 13.3. The third-order valence-corrected chi connectivity index (χ3v) is 6.55. The summed E-state index contributed by atoms with van der Waals surface area (Å²) in [7, 11) is 0. The summed E-state index contributed by atoms with van der Waals surface area (Å²) in [6.45, 7) is 1.71. The van der Waals surface area contributed by atoms with Gasteiger partial charge in [0.05, 0.1) is 6.33 Å². The maximum Gasteiger partial charge on any atom is 0.326 e. The molecular weight excluding hydrogens is 558 g/mol. The van der Waals surface area contributed by atoms with Crippen molar-refractivity contribution in [3.8, 4) is 0 Å². The molecule has 0 radical (unpaired) electrons. The minimum absolute atomic E-state index is 0.0618. The zero-order valence-electron chi connectivity index (χ0n) is 23.7. The van der Waals surface area contributed by atoms with Crippen LogP contribution in [-0.2, 0) is 40.1 Å². The molecule has 0 unspecified atom stereocenters. The molecule has 2 aliphatic carbocycles. The Morgan fingerprint density at radius 2 is 1.38 bits per heavy atom. The Hall–Kier alpha value is -4.09. The van der Waals surface area contributed by atoms with E-state index in [0.29, 0.717) is 25.7 Å². The normalized spacial score (nSPS) is 16.6. The van der Waals surface area contributed by atoms with Gasteiger partial charge in [0, 0.05) is 13.8 Å². The largest absolute Gasteiger partial charge is 0.481 e. The summed E-state index contributed by atoms with van der Waals surface area (Å²) in [5.74, 6) is -2.75. The van der Waals surface area contributed by atoms with Crippen molar-refractivity contribution >= 4 is 41.0 Å². The Balaban J connectivity index is 0.000000686. The predicted molar refractivity (Wildman–Crippen MR) is 147 cm³/mol. The molecule has 2 fully saturated rings. The molecule has 2 heterocycles. The van der Waals surface area contributed by atoms with Crippen molar-refractivity contribution in [1.29, 1.82) is 0 Å². The summed E-state index contributed by atoms with van der Waals surface area (Å²) < 4.78 is 18.2. The van der Waals surface area contributed by atoms with Gasteiger partial charge in [0.25, 0.3) is 17.5 Å².